The second-order valence-corrected chi connectivity index (χ2v) is 10.8. The number of carbonyl (C=O) groups excluding carboxylic acids is 1. The third-order valence-electron chi connectivity index (χ3n) is 5.70. The molecule has 1 amide bonds. The fourth-order valence-corrected chi connectivity index (χ4v) is 6.07. The number of nitrogens with one attached hydrogen (secondary N) is 2. The second kappa shape index (κ2) is 9.24. The predicted molar refractivity (Wildman–Crippen MR) is 137 cm³/mol. The molecule has 2 N–H and O–H groups in total. The molecule has 1 saturated heterocycles. The molecule has 5 rings (SSSR count). The minimum atomic E-state index is -3.72. The number of sulfonamides is 1. The van der Waals surface area contributed by atoms with E-state index in [9.17, 15) is 13.2 Å². The standard InChI is InChI=1S/C22H21ClN6O3S2.2H2/c23-19-3-1-2-15-8-10-29(21(15)19)13-20(30)26-16-9-11-28(12-16)17-4-6-18(7-5-17)34(31,32)27-22-24-14-25-33-22;;/h1-8,10,14,16H,9,11-13H2,(H,26,30)(H,24,25,27);2*1H. The lowest BCUT2D eigenvalue weighted by molar-refractivity contribution is -0.122. The number of anilines is 2. The number of hydrogen-bond acceptors (Lipinski definition) is 7. The molecule has 0 aliphatic carbocycles. The first-order valence-corrected chi connectivity index (χ1v) is 13.2. The van der Waals surface area contributed by atoms with Crippen LogP contribution in [0.25, 0.3) is 10.9 Å². The lowest BCUT2D eigenvalue weighted by atomic mass is 10.2. The van der Waals surface area contributed by atoms with E-state index in [-0.39, 0.29) is 31.4 Å². The van der Waals surface area contributed by atoms with Crippen LogP contribution in [-0.2, 0) is 21.4 Å². The van der Waals surface area contributed by atoms with Crippen LogP contribution in [0.2, 0.25) is 5.02 Å². The fraction of sp³-hybridized carbons (Fsp3) is 0.227. The summed E-state index contributed by atoms with van der Waals surface area (Å²) in [6.07, 6.45) is 3.97. The minimum Gasteiger partial charge on any atom is -0.369 e. The van der Waals surface area contributed by atoms with Gasteiger partial charge >= 0.3 is 0 Å². The molecule has 0 radical (unpaired) electrons. The van der Waals surface area contributed by atoms with Crippen molar-refractivity contribution in [3.8, 4) is 0 Å². The Balaban J connectivity index is 0.00000180. The van der Waals surface area contributed by atoms with Crippen molar-refractivity contribution in [3.05, 3.63) is 66.1 Å². The first-order valence-electron chi connectivity index (χ1n) is 10.6. The molecule has 2 aromatic carbocycles. The van der Waals surface area contributed by atoms with Crippen LogP contribution in [0, 0.1) is 0 Å². The molecule has 2 aromatic heterocycles. The molecule has 34 heavy (non-hydrogen) atoms. The molecular weight excluding hydrogens is 496 g/mol. The van der Waals surface area contributed by atoms with Crippen LogP contribution in [0.15, 0.2) is 66.0 Å². The Morgan fingerprint density at radius 1 is 1.21 bits per heavy atom. The Labute approximate surface area is 208 Å². The number of para-hydroxylation sites is 1. The molecule has 1 fully saturated rings. The number of fused-ring (bicyclic) bond motifs is 1. The summed E-state index contributed by atoms with van der Waals surface area (Å²) in [6.45, 7) is 1.60. The van der Waals surface area contributed by atoms with Gasteiger partial charge in [-0.2, -0.15) is 4.37 Å². The third kappa shape index (κ3) is 4.72. The zero-order valence-corrected chi connectivity index (χ0v) is 20.3. The van der Waals surface area contributed by atoms with E-state index >= 15 is 0 Å². The van der Waals surface area contributed by atoms with Gasteiger partial charge in [0.15, 0.2) is 0 Å². The van der Waals surface area contributed by atoms with Crippen LogP contribution in [0.3, 0.4) is 0 Å². The molecular formula is C22H25ClN6O3S2. The van der Waals surface area contributed by atoms with E-state index in [2.05, 4.69) is 24.3 Å². The number of rotatable bonds is 7. The van der Waals surface area contributed by atoms with Gasteiger partial charge in [0, 0.05) is 50.8 Å². The lowest BCUT2D eigenvalue weighted by Crippen LogP contribution is -2.38. The maximum Gasteiger partial charge on any atom is 0.263 e. The fourth-order valence-electron chi connectivity index (χ4n) is 4.11. The van der Waals surface area contributed by atoms with Crippen molar-refractivity contribution in [3.63, 3.8) is 0 Å². The summed E-state index contributed by atoms with van der Waals surface area (Å²) < 4.78 is 33.0. The molecule has 0 saturated carbocycles. The average molecular weight is 521 g/mol. The monoisotopic (exact) mass is 520 g/mol. The second-order valence-electron chi connectivity index (χ2n) is 7.97. The summed E-state index contributed by atoms with van der Waals surface area (Å²) in [7, 11) is -3.72. The summed E-state index contributed by atoms with van der Waals surface area (Å²) in [5, 5.41) is 4.93. The van der Waals surface area contributed by atoms with Crippen molar-refractivity contribution in [1.82, 2.24) is 19.2 Å². The highest BCUT2D eigenvalue weighted by Gasteiger charge is 2.25. The number of amides is 1. The molecule has 0 bridgehead atoms. The summed E-state index contributed by atoms with van der Waals surface area (Å²) >= 11 is 7.29. The van der Waals surface area contributed by atoms with Crippen molar-refractivity contribution >= 4 is 60.8 Å². The van der Waals surface area contributed by atoms with Crippen LogP contribution < -0.4 is 14.9 Å². The van der Waals surface area contributed by atoms with E-state index in [1.807, 2.05) is 35.0 Å². The number of benzene rings is 2. The quantitative estimate of drug-likeness (QED) is 0.383. The van der Waals surface area contributed by atoms with E-state index in [1.54, 1.807) is 24.3 Å². The summed E-state index contributed by atoms with van der Waals surface area (Å²) in [6, 6.07) is 14.3. The zero-order chi connectivity index (χ0) is 23.7. The molecule has 1 atom stereocenters. The van der Waals surface area contributed by atoms with Crippen LogP contribution in [-0.4, -0.2) is 47.4 Å². The van der Waals surface area contributed by atoms with Gasteiger partial charge in [-0.05, 0) is 42.8 Å². The van der Waals surface area contributed by atoms with Gasteiger partial charge in [0.1, 0.15) is 12.9 Å². The molecule has 4 aromatic rings. The van der Waals surface area contributed by atoms with Gasteiger partial charge in [-0.3, -0.25) is 9.52 Å². The number of hydrogen-bond donors (Lipinski definition) is 2. The van der Waals surface area contributed by atoms with Crippen LogP contribution in [0.4, 0.5) is 10.8 Å². The molecule has 1 aliphatic heterocycles. The molecule has 12 heteroatoms. The molecule has 1 aliphatic rings. The van der Waals surface area contributed by atoms with E-state index in [0.29, 0.717) is 11.6 Å². The smallest absolute Gasteiger partial charge is 0.263 e. The Morgan fingerprint density at radius 3 is 2.79 bits per heavy atom. The van der Waals surface area contributed by atoms with E-state index in [1.165, 1.54) is 6.33 Å². The van der Waals surface area contributed by atoms with Crippen LogP contribution >= 0.6 is 23.1 Å². The van der Waals surface area contributed by atoms with Crippen molar-refractivity contribution < 1.29 is 16.1 Å². The van der Waals surface area contributed by atoms with Gasteiger partial charge in [0.25, 0.3) is 10.0 Å². The average Bonchev–Trinajstić information content (AvgIpc) is 3.56. The van der Waals surface area contributed by atoms with Gasteiger partial charge in [-0.15, -0.1) is 0 Å². The Kier molecular flexibility index (Phi) is 6.15. The van der Waals surface area contributed by atoms with Crippen LogP contribution in [0.1, 0.15) is 9.27 Å². The topological polar surface area (TPSA) is 109 Å². The number of halogens is 1. The van der Waals surface area contributed by atoms with E-state index in [0.717, 1.165) is 41.1 Å². The Hall–Kier alpha value is -3.15. The normalized spacial score (nSPS) is 16.1. The van der Waals surface area contributed by atoms with Crippen LogP contribution in [0.5, 0.6) is 0 Å². The van der Waals surface area contributed by atoms with Gasteiger partial charge in [0.2, 0.25) is 11.0 Å². The molecule has 180 valence electrons. The minimum absolute atomic E-state index is 0. The zero-order valence-electron chi connectivity index (χ0n) is 17.9. The Bertz CT molecular complexity index is 1430. The van der Waals surface area contributed by atoms with Gasteiger partial charge in [-0.1, -0.05) is 23.7 Å². The largest absolute Gasteiger partial charge is 0.369 e. The highest BCUT2D eigenvalue weighted by molar-refractivity contribution is 7.93. The SMILES string of the molecule is O=C(Cn1ccc2cccc(Cl)c21)NC1CCN(c2ccc(S(=O)(=O)Nc3ncns3)cc2)C1.[HH].[HH]. The number of nitrogens with zero attached hydrogens (tertiary/aromatic N) is 4. The van der Waals surface area contributed by atoms with Crippen molar-refractivity contribution in [2.75, 3.05) is 22.7 Å². The maximum absolute atomic E-state index is 12.7. The van der Waals surface area contributed by atoms with E-state index in [4.69, 9.17) is 11.6 Å². The third-order valence-corrected chi connectivity index (χ3v) is 8.07. The van der Waals surface area contributed by atoms with Crippen molar-refractivity contribution in [2.45, 2.75) is 23.9 Å². The highest BCUT2D eigenvalue weighted by Crippen LogP contribution is 2.25. The molecule has 9 nitrogen and oxygen atoms in total. The first-order chi connectivity index (χ1) is 16.4. The van der Waals surface area contributed by atoms with E-state index < -0.39 is 10.0 Å². The number of aromatic nitrogens is 3. The first kappa shape index (κ1) is 22.6. The summed E-state index contributed by atoms with van der Waals surface area (Å²) in [5.74, 6) is -0.0755. The predicted octanol–water partition coefficient (Wildman–Crippen LogP) is 3.83. The highest BCUT2D eigenvalue weighted by atomic mass is 35.5. The van der Waals surface area contributed by atoms with Gasteiger partial charge in [-0.25, -0.2) is 13.4 Å². The lowest BCUT2D eigenvalue weighted by Gasteiger charge is -2.19. The molecule has 0 spiro atoms. The molecule has 1 unspecified atom stereocenters. The number of carbonyl (C=O) groups is 1. The molecule has 3 heterocycles. The van der Waals surface area contributed by atoms with Gasteiger partial charge < -0.3 is 14.8 Å². The summed E-state index contributed by atoms with van der Waals surface area (Å²) in [4.78, 5) is 18.8. The Morgan fingerprint density at radius 2 is 2.03 bits per heavy atom. The van der Waals surface area contributed by atoms with Crippen molar-refractivity contribution in [1.29, 1.82) is 0 Å². The van der Waals surface area contributed by atoms with Gasteiger partial charge in [0.05, 0.1) is 15.4 Å². The summed E-state index contributed by atoms with van der Waals surface area (Å²) in [5.41, 5.74) is 1.75. The maximum atomic E-state index is 12.7. The van der Waals surface area contributed by atoms with Crippen molar-refractivity contribution in [2.24, 2.45) is 0 Å².